The van der Waals surface area contributed by atoms with Crippen molar-refractivity contribution >= 4 is 5.91 Å². The van der Waals surface area contributed by atoms with Crippen molar-refractivity contribution in [3.05, 3.63) is 94.8 Å². The van der Waals surface area contributed by atoms with E-state index < -0.39 is 4.65 Å². The number of quaternary nitrogens is 1. The van der Waals surface area contributed by atoms with Crippen molar-refractivity contribution in [1.29, 1.82) is 0 Å². The second-order valence-corrected chi connectivity index (χ2v) is 6.08. The average Bonchev–Trinajstić information content (AvgIpc) is 2.88. The SMILES string of the molecule is O=C1c2ccccc2C[N+]1([O-])Cc1ccc(Oc2ccccn2)cc1. The molecule has 5 heteroatoms. The number of fused-ring (bicyclic) bond motifs is 1. The van der Waals surface area contributed by atoms with E-state index >= 15 is 0 Å². The van der Waals surface area contributed by atoms with E-state index in [-0.39, 0.29) is 19.0 Å². The highest BCUT2D eigenvalue weighted by atomic mass is 16.6. The van der Waals surface area contributed by atoms with Gasteiger partial charge in [-0.25, -0.2) is 9.78 Å². The van der Waals surface area contributed by atoms with Crippen molar-refractivity contribution in [2.75, 3.05) is 0 Å². The minimum atomic E-state index is -0.875. The van der Waals surface area contributed by atoms with E-state index in [9.17, 15) is 10.0 Å². The first-order chi connectivity index (χ1) is 12.1. The molecular formula is C20H16N2O3. The Labute approximate surface area is 145 Å². The first-order valence-corrected chi connectivity index (χ1v) is 8.03. The largest absolute Gasteiger partial charge is 0.624 e. The van der Waals surface area contributed by atoms with E-state index in [0.29, 0.717) is 17.2 Å². The van der Waals surface area contributed by atoms with Crippen molar-refractivity contribution < 1.29 is 14.2 Å². The molecule has 1 atom stereocenters. The van der Waals surface area contributed by atoms with Crippen molar-refractivity contribution in [3.63, 3.8) is 0 Å². The highest BCUT2D eigenvalue weighted by Crippen LogP contribution is 2.31. The number of rotatable bonds is 4. The third-order valence-corrected chi connectivity index (χ3v) is 4.27. The van der Waals surface area contributed by atoms with E-state index in [0.717, 1.165) is 11.1 Å². The smallest absolute Gasteiger partial charge is 0.346 e. The lowest BCUT2D eigenvalue weighted by Gasteiger charge is -2.35. The fourth-order valence-corrected chi connectivity index (χ4v) is 3.05. The molecular weight excluding hydrogens is 316 g/mol. The van der Waals surface area contributed by atoms with Crippen LogP contribution < -0.4 is 4.74 Å². The highest BCUT2D eigenvalue weighted by Gasteiger charge is 2.38. The summed E-state index contributed by atoms with van der Waals surface area (Å²) in [6.07, 6.45) is 1.66. The maximum atomic E-state index is 13.0. The summed E-state index contributed by atoms with van der Waals surface area (Å²) in [5.74, 6) is 0.771. The number of hydrogen-bond acceptors (Lipinski definition) is 4. The number of hydroxylamine groups is 3. The first kappa shape index (κ1) is 15.5. The minimum Gasteiger partial charge on any atom is -0.624 e. The molecule has 0 saturated heterocycles. The van der Waals surface area contributed by atoms with Crippen molar-refractivity contribution in [2.45, 2.75) is 13.1 Å². The van der Waals surface area contributed by atoms with Gasteiger partial charge in [0.15, 0.2) is 0 Å². The van der Waals surface area contributed by atoms with Crippen molar-refractivity contribution in [3.8, 4) is 11.6 Å². The predicted molar refractivity (Wildman–Crippen MR) is 92.6 cm³/mol. The predicted octanol–water partition coefficient (Wildman–Crippen LogP) is 4.04. The van der Waals surface area contributed by atoms with Gasteiger partial charge in [0.05, 0.1) is 5.56 Å². The highest BCUT2D eigenvalue weighted by molar-refractivity contribution is 5.92. The molecule has 0 spiro atoms. The van der Waals surface area contributed by atoms with Gasteiger partial charge in [0.25, 0.3) is 0 Å². The lowest BCUT2D eigenvalue weighted by Crippen LogP contribution is -2.41. The second kappa shape index (κ2) is 6.12. The zero-order valence-corrected chi connectivity index (χ0v) is 13.5. The quantitative estimate of drug-likeness (QED) is 0.534. The summed E-state index contributed by atoms with van der Waals surface area (Å²) in [7, 11) is 0. The topological polar surface area (TPSA) is 62.2 Å². The summed E-state index contributed by atoms with van der Waals surface area (Å²) in [5.41, 5.74) is 2.15. The third-order valence-electron chi connectivity index (χ3n) is 4.27. The maximum absolute atomic E-state index is 13.0. The Morgan fingerprint density at radius 1 is 1.00 bits per heavy atom. The van der Waals surface area contributed by atoms with Gasteiger partial charge < -0.3 is 9.94 Å². The summed E-state index contributed by atoms with van der Waals surface area (Å²) in [6.45, 7) is 0.290. The molecule has 1 aromatic heterocycles. The van der Waals surface area contributed by atoms with E-state index in [2.05, 4.69) is 4.98 Å². The van der Waals surface area contributed by atoms with Crippen molar-refractivity contribution in [1.82, 2.24) is 4.98 Å². The Balaban J connectivity index is 1.49. The molecule has 1 aliphatic heterocycles. The molecule has 1 amide bonds. The number of ether oxygens (including phenoxy) is 1. The number of amides is 1. The number of hydrogen-bond donors (Lipinski definition) is 0. The van der Waals surface area contributed by atoms with Crippen LogP contribution in [-0.4, -0.2) is 15.5 Å². The summed E-state index contributed by atoms with van der Waals surface area (Å²) < 4.78 is 4.76. The van der Waals surface area contributed by atoms with Crippen LogP contribution in [0.2, 0.25) is 0 Å². The third kappa shape index (κ3) is 3.03. The Morgan fingerprint density at radius 2 is 1.76 bits per heavy atom. The van der Waals surface area contributed by atoms with Crippen LogP contribution >= 0.6 is 0 Å². The molecule has 0 saturated carbocycles. The van der Waals surface area contributed by atoms with Crippen molar-refractivity contribution in [2.24, 2.45) is 0 Å². The van der Waals surface area contributed by atoms with Crippen LogP contribution in [0.1, 0.15) is 21.5 Å². The van der Waals surface area contributed by atoms with E-state index in [1.165, 1.54) is 0 Å². The Morgan fingerprint density at radius 3 is 2.48 bits per heavy atom. The number of carbonyl (C=O) groups is 1. The van der Waals surface area contributed by atoms with E-state index in [1.54, 1.807) is 36.5 Å². The molecule has 1 aliphatic rings. The van der Waals surface area contributed by atoms with Crippen LogP contribution in [0.15, 0.2) is 72.9 Å². The maximum Gasteiger partial charge on any atom is 0.346 e. The van der Waals surface area contributed by atoms with Crippen LogP contribution in [-0.2, 0) is 13.1 Å². The summed E-state index contributed by atoms with van der Waals surface area (Å²) >= 11 is 0. The summed E-state index contributed by atoms with van der Waals surface area (Å²) in [4.78, 5) is 16.6. The van der Waals surface area contributed by atoms with Gasteiger partial charge in [-0.3, -0.25) is 4.65 Å². The van der Waals surface area contributed by atoms with Crippen LogP contribution in [0, 0.1) is 5.21 Å². The normalized spacial score (nSPS) is 18.8. The van der Waals surface area contributed by atoms with Gasteiger partial charge in [-0.15, -0.1) is 0 Å². The molecule has 3 aromatic rings. The van der Waals surface area contributed by atoms with E-state index in [1.807, 2.05) is 36.4 Å². The van der Waals surface area contributed by atoms with Gasteiger partial charge in [-0.05, 0) is 36.4 Å². The molecule has 0 N–H and O–H groups in total. The van der Waals surface area contributed by atoms with Crippen LogP contribution in [0.3, 0.4) is 0 Å². The summed E-state index contributed by atoms with van der Waals surface area (Å²) in [5, 5.41) is 13.0. The molecule has 0 bridgehead atoms. The molecule has 2 heterocycles. The lowest BCUT2D eigenvalue weighted by atomic mass is 10.1. The Hall–Kier alpha value is -3.02. The standard InChI is InChI=1S/C20H16N2O3/c23-20-18-6-2-1-5-16(18)14-22(20,24)13-15-8-10-17(11-9-15)25-19-7-3-4-12-21-19/h1-12H,13-14H2. The zero-order valence-electron chi connectivity index (χ0n) is 13.5. The fourth-order valence-electron chi connectivity index (χ4n) is 3.05. The van der Waals surface area contributed by atoms with Gasteiger partial charge in [0.2, 0.25) is 5.88 Å². The number of benzene rings is 2. The van der Waals surface area contributed by atoms with E-state index in [4.69, 9.17) is 4.74 Å². The van der Waals surface area contributed by atoms with Gasteiger partial charge in [-0.2, -0.15) is 0 Å². The van der Waals surface area contributed by atoms with Gasteiger partial charge >= 0.3 is 5.91 Å². The Bertz CT molecular complexity index is 910. The molecule has 25 heavy (non-hydrogen) atoms. The molecule has 1 unspecified atom stereocenters. The second-order valence-electron chi connectivity index (χ2n) is 6.08. The number of aromatic nitrogens is 1. The monoisotopic (exact) mass is 332 g/mol. The van der Waals surface area contributed by atoms with Gasteiger partial charge in [0, 0.05) is 23.4 Å². The number of nitrogens with zero attached hydrogens (tertiary/aromatic N) is 2. The van der Waals surface area contributed by atoms with Crippen LogP contribution in [0.4, 0.5) is 0 Å². The molecule has 0 fully saturated rings. The van der Waals surface area contributed by atoms with Gasteiger partial charge in [-0.1, -0.05) is 24.3 Å². The average molecular weight is 332 g/mol. The first-order valence-electron chi connectivity index (χ1n) is 8.03. The molecule has 124 valence electrons. The Kier molecular flexibility index (Phi) is 3.80. The molecule has 2 aromatic carbocycles. The fraction of sp³-hybridized carbons (Fsp3) is 0.100. The molecule has 0 aliphatic carbocycles. The molecule has 0 radical (unpaired) electrons. The van der Waals surface area contributed by atoms with Crippen LogP contribution in [0.25, 0.3) is 0 Å². The lowest BCUT2D eigenvalue weighted by molar-refractivity contribution is -0.821. The number of carbonyl (C=O) groups excluding carboxylic acids is 1. The molecule has 5 nitrogen and oxygen atoms in total. The van der Waals surface area contributed by atoms with Crippen LogP contribution in [0.5, 0.6) is 11.6 Å². The number of pyridine rings is 1. The summed E-state index contributed by atoms with van der Waals surface area (Å²) in [6, 6.07) is 19.8. The minimum absolute atomic E-state index is 0.109. The van der Waals surface area contributed by atoms with Gasteiger partial charge in [0.1, 0.15) is 18.8 Å². The zero-order chi connectivity index (χ0) is 17.3. The molecule has 4 rings (SSSR count).